The van der Waals surface area contributed by atoms with Crippen molar-refractivity contribution >= 4 is 62.7 Å². The van der Waals surface area contributed by atoms with E-state index in [0.717, 1.165) is 21.2 Å². The number of rotatable bonds is 12. The molecule has 0 aliphatic rings. The first-order valence-corrected chi connectivity index (χ1v) is 14.8. The van der Waals surface area contributed by atoms with Gasteiger partial charge in [-0.25, -0.2) is 0 Å². The largest absolute Gasteiger partial charge is 0.354 e. The van der Waals surface area contributed by atoms with Crippen LogP contribution in [0.2, 0.25) is 10.0 Å². The molecule has 37 heavy (non-hydrogen) atoms. The molecule has 1 atom stereocenters. The molecule has 2 amide bonds. The summed E-state index contributed by atoms with van der Waals surface area (Å²) in [6.07, 6.45) is 0.422. The molecular weight excluding hydrogens is 591 g/mol. The Balaban J connectivity index is 1.86. The molecule has 4 nitrogen and oxygen atoms in total. The topological polar surface area (TPSA) is 49.4 Å². The fourth-order valence-corrected chi connectivity index (χ4v) is 5.90. The molecule has 3 aromatic carbocycles. The first-order chi connectivity index (χ1) is 17.7. The summed E-state index contributed by atoms with van der Waals surface area (Å²) in [7, 11) is 0. The van der Waals surface area contributed by atoms with Crippen molar-refractivity contribution in [2.24, 2.45) is 5.92 Å². The quantitative estimate of drug-likeness (QED) is 0.229. The highest BCUT2D eigenvalue weighted by Gasteiger charge is 2.30. The van der Waals surface area contributed by atoms with Gasteiger partial charge < -0.3 is 10.2 Å². The van der Waals surface area contributed by atoms with Crippen LogP contribution in [0.4, 0.5) is 0 Å². The van der Waals surface area contributed by atoms with E-state index in [0.29, 0.717) is 41.2 Å². The van der Waals surface area contributed by atoms with Crippen LogP contribution in [-0.2, 0) is 28.3 Å². The van der Waals surface area contributed by atoms with E-state index in [1.54, 1.807) is 23.1 Å². The van der Waals surface area contributed by atoms with Crippen molar-refractivity contribution in [2.75, 3.05) is 12.3 Å². The van der Waals surface area contributed by atoms with Gasteiger partial charge in [0.1, 0.15) is 6.04 Å². The second kappa shape index (κ2) is 14.8. The summed E-state index contributed by atoms with van der Waals surface area (Å²) in [6.45, 7) is 4.96. The van der Waals surface area contributed by atoms with Crippen LogP contribution in [0.3, 0.4) is 0 Å². The summed E-state index contributed by atoms with van der Waals surface area (Å²) in [4.78, 5) is 28.9. The van der Waals surface area contributed by atoms with Crippen LogP contribution in [0, 0.1) is 5.92 Å². The molecular formula is C29H31BrCl2N2O2S. The molecule has 0 aromatic heterocycles. The fraction of sp³-hybridized carbons (Fsp3) is 0.310. The van der Waals surface area contributed by atoms with Gasteiger partial charge in [-0.3, -0.25) is 9.59 Å². The van der Waals surface area contributed by atoms with Gasteiger partial charge in [-0.1, -0.05) is 102 Å². The predicted octanol–water partition coefficient (Wildman–Crippen LogP) is 7.40. The number of amides is 2. The molecule has 0 aliphatic heterocycles. The summed E-state index contributed by atoms with van der Waals surface area (Å²) in [5, 5.41) is 4.20. The van der Waals surface area contributed by atoms with Gasteiger partial charge in [0.15, 0.2) is 0 Å². The number of nitrogens with zero attached hydrogens (tertiary/aromatic N) is 1. The molecule has 0 spiro atoms. The second-order valence-corrected chi connectivity index (χ2v) is 11.9. The Labute approximate surface area is 242 Å². The lowest BCUT2D eigenvalue weighted by Crippen LogP contribution is -2.51. The zero-order chi connectivity index (χ0) is 26.8. The van der Waals surface area contributed by atoms with Crippen LogP contribution in [0.1, 0.15) is 30.5 Å². The number of hydrogen-bond acceptors (Lipinski definition) is 3. The maximum atomic E-state index is 13.7. The number of carbonyl (C=O) groups excluding carboxylic acids is 2. The van der Waals surface area contributed by atoms with Gasteiger partial charge in [0.05, 0.1) is 5.75 Å². The summed E-state index contributed by atoms with van der Waals surface area (Å²) >= 11 is 17.6. The number of thioether (sulfide) groups is 1. The van der Waals surface area contributed by atoms with Crippen LogP contribution in [0.25, 0.3) is 0 Å². The van der Waals surface area contributed by atoms with E-state index in [1.807, 2.05) is 68.4 Å². The number of carbonyl (C=O) groups is 2. The number of halogens is 3. The molecule has 0 saturated heterocycles. The Morgan fingerprint density at radius 2 is 1.59 bits per heavy atom. The molecule has 0 aliphatic carbocycles. The Kier molecular flexibility index (Phi) is 11.8. The van der Waals surface area contributed by atoms with E-state index in [-0.39, 0.29) is 17.6 Å². The van der Waals surface area contributed by atoms with E-state index >= 15 is 0 Å². The van der Waals surface area contributed by atoms with Crippen LogP contribution in [-0.4, -0.2) is 35.1 Å². The second-order valence-electron chi connectivity index (χ2n) is 9.19. The molecule has 0 saturated carbocycles. The lowest BCUT2D eigenvalue weighted by atomic mass is 10.0. The summed E-state index contributed by atoms with van der Waals surface area (Å²) < 4.78 is 0.920. The third kappa shape index (κ3) is 9.36. The van der Waals surface area contributed by atoms with Crippen LogP contribution < -0.4 is 5.32 Å². The third-order valence-electron chi connectivity index (χ3n) is 5.73. The molecule has 1 N–H and O–H groups in total. The molecule has 0 bridgehead atoms. The van der Waals surface area contributed by atoms with Crippen molar-refractivity contribution in [3.8, 4) is 0 Å². The molecule has 0 fully saturated rings. The summed E-state index contributed by atoms with van der Waals surface area (Å²) in [6, 6.07) is 22.3. The first kappa shape index (κ1) is 29.6. The van der Waals surface area contributed by atoms with Crippen molar-refractivity contribution in [1.29, 1.82) is 0 Å². The molecule has 0 radical (unpaired) electrons. The predicted molar refractivity (Wildman–Crippen MR) is 159 cm³/mol. The molecule has 196 valence electrons. The zero-order valence-electron chi connectivity index (χ0n) is 20.9. The third-order valence-corrected chi connectivity index (χ3v) is 7.88. The lowest BCUT2D eigenvalue weighted by Gasteiger charge is -2.32. The maximum absolute atomic E-state index is 13.7. The average molecular weight is 622 g/mol. The Hall–Kier alpha value is -1.99. The summed E-state index contributed by atoms with van der Waals surface area (Å²) in [5.74, 6) is 0.719. The van der Waals surface area contributed by atoms with E-state index in [4.69, 9.17) is 23.2 Å². The highest BCUT2D eigenvalue weighted by molar-refractivity contribution is 9.10. The van der Waals surface area contributed by atoms with Crippen LogP contribution >= 0.6 is 50.9 Å². The van der Waals surface area contributed by atoms with E-state index < -0.39 is 6.04 Å². The molecule has 3 aromatic rings. The Morgan fingerprint density at radius 3 is 2.24 bits per heavy atom. The average Bonchev–Trinajstić information content (AvgIpc) is 2.87. The van der Waals surface area contributed by atoms with Gasteiger partial charge in [-0.15, -0.1) is 11.8 Å². The van der Waals surface area contributed by atoms with Crippen molar-refractivity contribution in [1.82, 2.24) is 10.2 Å². The van der Waals surface area contributed by atoms with Crippen molar-refractivity contribution in [2.45, 2.75) is 38.6 Å². The SMILES string of the molecule is CC(C)CNC(=O)[C@@H](Cc1ccccc1)N(Cc1cccc(Br)c1)C(=O)CSCc1c(Cl)cccc1Cl. The Bertz CT molecular complexity index is 1170. The van der Waals surface area contributed by atoms with E-state index in [2.05, 4.69) is 21.2 Å². The molecule has 8 heteroatoms. The first-order valence-electron chi connectivity index (χ1n) is 12.1. The van der Waals surface area contributed by atoms with Gasteiger partial charge in [-0.2, -0.15) is 0 Å². The smallest absolute Gasteiger partial charge is 0.243 e. The van der Waals surface area contributed by atoms with Gasteiger partial charge >= 0.3 is 0 Å². The Morgan fingerprint density at radius 1 is 0.946 bits per heavy atom. The number of nitrogens with one attached hydrogen (secondary N) is 1. The molecule has 0 unspecified atom stereocenters. The van der Waals surface area contributed by atoms with E-state index in [9.17, 15) is 9.59 Å². The number of benzene rings is 3. The normalized spacial score (nSPS) is 11.8. The van der Waals surface area contributed by atoms with E-state index in [1.165, 1.54) is 11.8 Å². The minimum absolute atomic E-state index is 0.117. The summed E-state index contributed by atoms with van der Waals surface area (Å²) in [5.41, 5.74) is 2.74. The maximum Gasteiger partial charge on any atom is 0.243 e. The fourth-order valence-electron chi connectivity index (χ4n) is 3.80. The molecule has 0 heterocycles. The highest BCUT2D eigenvalue weighted by Crippen LogP contribution is 2.28. The minimum atomic E-state index is -0.655. The number of hydrogen-bond donors (Lipinski definition) is 1. The van der Waals surface area contributed by atoms with Crippen molar-refractivity contribution in [3.05, 3.63) is 104 Å². The van der Waals surface area contributed by atoms with Crippen LogP contribution in [0.5, 0.6) is 0 Å². The van der Waals surface area contributed by atoms with Crippen LogP contribution in [0.15, 0.2) is 77.3 Å². The minimum Gasteiger partial charge on any atom is -0.354 e. The van der Waals surface area contributed by atoms with Gasteiger partial charge in [0.2, 0.25) is 11.8 Å². The molecule has 3 rings (SSSR count). The van der Waals surface area contributed by atoms with Crippen molar-refractivity contribution in [3.63, 3.8) is 0 Å². The van der Waals surface area contributed by atoms with Gasteiger partial charge in [0, 0.05) is 39.8 Å². The van der Waals surface area contributed by atoms with Gasteiger partial charge in [0.25, 0.3) is 0 Å². The van der Waals surface area contributed by atoms with Crippen molar-refractivity contribution < 1.29 is 9.59 Å². The van der Waals surface area contributed by atoms with Gasteiger partial charge in [-0.05, 0) is 46.9 Å². The monoisotopic (exact) mass is 620 g/mol. The zero-order valence-corrected chi connectivity index (χ0v) is 24.8. The lowest BCUT2D eigenvalue weighted by molar-refractivity contribution is -0.139. The standard InChI is InChI=1S/C29H31BrCl2N2O2S/c1-20(2)16-33-29(36)27(15-21-8-4-3-5-9-21)34(17-22-10-6-11-23(30)14-22)28(35)19-37-18-24-25(31)12-7-13-26(24)32/h3-14,20,27H,15-19H2,1-2H3,(H,33,36)/t27-/m1/s1. The highest BCUT2D eigenvalue weighted by atomic mass is 79.9.